The molecule has 0 spiro atoms. The summed E-state index contributed by atoms with van der Waals surface area (Å²) in [5.74, 6) is 0.620. The number of hydrogen-bond donors (Lipinski definition) is 3. The smallest absolute Gasteiger partial charge is 0.407 e. The summed E-state index contributed by atoms with van der Waals surface area (Å²) in [5.41, 5.74) is 2.75. The number of aromatic nitrogens is 3. The number of hydrogen-bond acceptors (Lipinski definition) is 5. The van der Waals surface area contributed by atoms with Crippen molar-refractivity contribution in [3.63, 3.8) is 0 Å². The minimum atomic E-state index is -0.353. The van der Waals surface area contributed by atoms with Crippen molar-refractivity contribution in [2.24, 2.45) is 0 Å². The Balaban J connectivity index is 1.48. The van der Waals surface area contributed by atoms with Gasteiger partial charge < -0.3 is 15.4 Å². The lowest BCUT2D eigenvalue weighted by Gasteiger charge is -2.16. The number of carbonyl (C=O) groups excluding carboxylic acids is 2. The van der Waals surface area contributed by atoms with Crippen molar-refractivity contribution in [1.29, 1.82) is 0 Å². The third kappa shape index (κ3) is 6.04. The Kier molecular flexibility index (Phi) is 6.85. The van der Waals surface area contributed by atoms with Gasteiger partial charge in [0.25, 0.3) is 0 Å². The van der Waals surface area contributed by atoms with Crippen molar-refractivity contribution >= 4 is 17.8 Å². The van der Waals surface area contributed by atoms with E-state index in [1.54, 1.807) is 6.20 Å². The molecular formula is C21H29N5O3. The molecule has 2 aromatic heterocycles. The van der Waals surface area contributed by atoms with Gasteiger partial charge in [-0.15, -0.1) is 0 Å². The first kappa shape index (κ1) is 20.8. The minimum absolute atomic E-state index is 0.0969. The second kappa shape index (κ2) is 9.54. The number of H-pyrrole nitrogens is 1. The Morgan fingerprint density at radius 2 is 2.17 bits per heavy atom. The molecule has 0 aliphatic heterocycles. The van der Waals surface area contributed by atoms with Crippen molar-refractivity contribution in [2.75, 3.05) is 5.32 Å². The number of anilines is 1. The van der Waals surface area contributed by atoms with Crippen LogP contribution in [0.4, 0.5) is 10.6 Å². The number of carbonyl (C=O) groups is 2. The summed E-state index contributed by atoms with van der Waals surface area (Å²) in [7, 11) is 0. The lowest BCUT2D eigenvalue weighted by molar-refractivity contribution is -0.115. The van der Waals surface area contributed by atoms with E-state index in [2.05, 4.69) is 25.8 Å². The van der Waals surface area contributed by atoms with Crippen LogP contribution in [0.3, 0.4) is 0 Å². The van der Waals surface area contributed by atoms with E-state index >= 15 is 0 Å². The van der Waals surface area contributed by atoms with Gasteiger partial charge in [0, 0.05) is 35.6 Å². The number of ether oxygens (including phenoxy) is 1. The highest BCUT2D eigenvalue weighted by Crippen LogP contribution is 2.35. The molecule has 8 heteroatoms. The standard InChI is InChI=1S/C21H29N5O3/c1-4-13(2)23-21(28)29-17-6-5-16(11-17)18-12-19(26-25-18)24-20(27)10-15-7-8-22-14(3)9-15/h7-9,12-13,16-17H,4-6,10-11H2,1-3H3,(H,23,28)(H2,24,25,26,27)/t13-,16-,17+/m0/s1. The summed E-state index contributed by atoms with van der Waals surface area (Å²) in [6, 6.07) is 5.70. The van der Waals surface area contributed by atoms with Gasteiger partial charge >= 0.3 is 6.09 Å². The summed E-state index contributed by atoms with van der Waals surface area (Å²) >= 11 is 0. The van der Waals surface area contributed by atoms with Crippen molar-refractivity contribution < 1.29 is 14.3 Å². The Hall–Kier alpha value is -2.90. The van der Waals surface area contributed by atoms with Crippen molar-refractivity contribution in [3.8, 4) is 0 Å². The van der Waals surface area contributed by atoms with E-state index in [4.69, 9.17) is 4.74 Å². The monoisotopic (exact) mass is 399 g/mol. The zero-order valence-electron chi connectivity index (χ0n) is 17.2. The van der Waals surface area contributed by atoms with Crippen molar-refractivity contribution in [2.45, 2.75) is 70.9 Å². The number of rotatable bonds is 7. The molecule has 0 saturated heterocycles. The number of amides is 2. The third-order valence-corrected chi connectivity index (χ3v) is 5.27. The number of alkyl carbamates (subject to hydrolysis) is 1. The molecule has 0 aromatic carbocycles. The first-order chi connectivity index (χ1) is 13.9. The van der Waals surface area contributed by atoms with Crippen LogP contribution in [-0.2, 0) is 16.0 Å². The number of aryl methyl sites for hydroxylation is 1. The Labute approximate surface area is 170 Å². The fourth-order valence-electron chi connectivity index (χ4n) is 3.51. The number of nitrogens with one attached hydrogen (secondary N) is 3. The quantitative estimate of drug-likeness (QED) is 0.661. The molecule has 1 aliphatic carbocycles. The molecule has 2 heterocycles. The maximum Gasteiger partial charge on any atom is 0.407 e. The van der Waals surface area contributed by atoms with E-state index in [-0.39, 0.29) is 36.5 Å². The Bertz CT molecular complexity index is 850. The zero-order chi connectivity index (χ0) is 20.8. The molecule has 0 unspecified atom stereocenters. The molecule has 3 N–H and O–H groups in total. The molecule has 0 bridgehead atoms. The highest BCUT2D eigenvalue weighted by molar-refractivity contribution is 5.91. The van der Waals surface area contributed by atoms with E-state index in [9.17, 15) is 9.59 Å². The minimum Gasteiger partial charge on any atom is -0.446 e. The molecule has 3 atom stereocenters. The van der Waals surface area contributed by atoms with E-state index in [0.29, 0.717) is 5.82 Å². The Morgan fingerprint density at radius 3 is 2.93 bits per heavy atom. The first-order valence-electron chi connectivity index (χ1n) is 10.2. The molecule has 0 radical (unpaired) electrons. The predicted molar refractivity (Wildman–Crippen MR) is 110 cm³/mol. The van der Waals surface area contributed by atoms with Gasteiger partial charge in [-0.25, -0.2) is 4.79 Å². The summed E-state index contributed by atoms with van der Waals surface area (Å²) < 4.78 is 5.52. The van der Waals surface area contributed by atoms with Crippen LogP contribution in [0.1, 0.15) is 62.4 Å². The lowest BCUT2D eigenvalue weighted by atomic mass is 10.0. The van der Waals surface area contributed by atoms with E-state index in [0.717, 1.165) is 42.6 Å². The average molecular weight is 399 g/mol. The highest BCUT2D eigenvalue weighted by Gasteiger charge is 2.30. The second-order valence-corrected chi connectivity index (χ2v) is 7.73. The zero-order valence-corrected chi connectivity index (χ0v) is 17.2. The Morgan fingerprint density at radius 1 is 1.34 bits per heavy atom. The van der Waals surface area contributed by atoms with Crippen LogP contribution in [0, 0.1) is 6.92 Å². The van der Waals surface area contributed by atoms with E-state index < -0.39 is 0 Å². The lowest BCUT2D eigenvalue weighted by Crippen LogP contribution is -2.34. The van der Waals surface area contributed by atoms with Crippen molar-refractivity contribution in [1.82, 2.24) is 20.5 Å². The van der Waals surface area contributed by atoms with Crippen LogP contribution >= 0.6 is 0 Å². The third-order valence-electron chi connectivity index (χ3n) is 5.27. The normalized spacial score (nSPS) is 19.6. The van der Waals surface area contributed by atoms with Crippen LogP contribution in [0.5, 0.6) is 0 Å². The van der Waals surface area contributed by atoms with Crippen molar-refractivity contribution in [3.05, 3.63) is 41.3 Å². The van der Waals surface area contributed by atoms with Gasteiger partial charge in [0.2, 0.25) is 5.91 Å². The van der Waals surface area contributed by atoms with Gasteiger partial charge in [0.1, 0.15) is 6.10 Å². The van der Waals surface area contributed by atoms with Crippen LogP contribution in [0.2, 0.25) is 0 Å². The number of nitrogens with zero attached hydrogens (tertiary/aromatic N) is 2. The summed E-state index contributed by atoms with van der Waals surface area (Å²) in [4.78, 5) is 28.3. The van der Waals surface area contributed by atoms with Crippen LogP contribution in [0.15, 0.2) is 24.4 Å². The first-order valence-corrected chi connectivity index (χ1v) is 10.2. The maximum absolute atomic E-state index is 12.3. The SMILES string of the molecule is CC[C@H](C)NC(=O)O[C@@H]1CC[C@H](c2cc(NC(=O)Cc3ccnc(C)c3)n[nH]2)C1. The van der Waals surface area contributed by atoms with Gasteiger partial charge in [0.15, 0.2) is 5.82 Å². The topological polar surface area (TPSA) is 109 Å². The van der Waals surface area contributed by atoms with Gasteiger partial charge in [-0.1, -0.05) is 6.92 Å². The van der Waals surface area contributed by atoms with Crippen LogP contribution in [-0.4, -0.2) is 39.3 Å². The summed E-state index contributed by atoms with van der Waals surface area (Å²) in [6.07, 6.45) is 4.87. The molecular weight excluding hydrogens is 370 g/mol. The van der Waals surface area contributed by atoms with Crippen LogP contribution in [0.25, 0.3) is 0 Å². The van der Waals surface area contributed by atoms with Gasteiger partial charge in [0.05, 0.1) is 6.42 Å². The van der Waals surface area contributed by atoms with Gasteiger partial charge in [-0.3, -0.25) is 14.9 Å². The number of aromatic amines is 1. The largest absolute Gasteiger partial charge is 0.446 e. The molecule has 8 nitrogen and oxygen atoms in total. The molecule has 1 fully saturated rings. The molecule has 156 valence electrons. The molecule has 1 aliphatic rings. The summed E-state index contributed by atoms with van der Waals surface area (Å²) in [5, 5.41) is 12.9. The van der Waals surface area contributed by atoms with Crippen LogP contribution < -0.4 is 10.6 Å². The molecule has 3 rings (SSSR count). The van der Waals surface area contributed by atoms with Gasteiger partial charge in [-0.2, -0.15) is 5.10 Å². The van der Waals surface area contributed by atoms with E-state index in [1.807, 2.05) is 39.0 Å². The van der Waals surface area contributed by atoms with Gasteiger partial charge in [-0.05, 0) is 57.2 Å². The number of pyridine rings is 1. The fourth-order valence-corrected chi connectivity index (χ4v) is 3.51. The maximum atomic E-state index is 12.3. The summed E-state index contributed by atoms with van der Waals surface area (Å²) in [6.45, 7) is 5.87. The second-order valence-electron chi connectivity index (χ2n) is 7.73. The average Bonchev–Trinajstić information content (AvgIpc) is 3.30. The molecule has 1 saturated carbocycles. The highest BCUT2D eigenvalue weighted by atomic mass is 16.6. The van der Waals surface area contributed by atoms with E-state index in [1.165, 1.54) is 0 Å². The fraction of sp³-hybridized carbons (Fsp3) is 0.524. The molecule has 29 heavy (non-hydrogen) atoms. The molecule has 2 amide bonds. The predicted octanol–water partition coefficient (Wildman–Crippen LogP) is 3.46. The molecule has 2 aromatic rings.